The molecule has 0 aliphatic heterocycles. The van der Waals surface area contributed by atoms with Crippen molar-refractivity contribution in [2.45, 2.75) is 19.9 Å². The van der Waals surface area contributed by atoms with Crippen molar-refractivity contribution in [2.24, 2.45) is 0 Å². The van der Waals surface area contributed by atoms with Crippen molar-refractivity contribution in [1.82, 2.24) is 14.2 Å². The molecule has 0 N–H and O–H groups in total. The Labute approximate surface area is 130 Å². The number of aromatic nitrogens is 3. The van der Waals surface area contributed by atoms with Gasteiger partial charge in [-0.15, -0.1) is 5.10 Å². The Balaban J connectivity index is 1.70. The van der Waals surface area contributed by atoms with E-state index in [4.69, 9.17) is 4.74 Å². The van der Waals surface area contributed by atoms with Crippen LogP contribution in [-0.4, -0.2) is 20.2 Å². The summed E-state index contributed by atoms with van der Waals surface area (Å²) in [4.78, 5) is 23.9. The third-order valence-electron chi connectivity index (χ3n) is 3.33. The predicted octanol–water partition coefficient (Wildman–Crippen LogP) is 1.94. The van der Waals surface area contributed by atoms with Gasteiger partial charge in [-0.1, -0.05) is 12.1 Å². The number of carbonyl (C=O) groups excluding carboxylic acids is 1. The number of esters is 1. The van der Waals surface area contributed by atoms with Gasteiger partial charge in [0.15, 0.2) is 17.2 Å². The number of benzene rings is 1. The van der Waals surface area contributed by atoms with Crippen LogP contribution < -0.4 is 10.4 Å². The Morgan fingerprint density at radius 1 is 1.30 bits per heavy atom. The summed E-state index contributed by atoms with van der Waals surface area (Å²) in [5, 5.41) is 4.11. The first-order valence-corrected chi connectivity index (χ1v) is 7.05. The summed E-state index contributed by atoms with van der Waals surface area (Å²) >= 11 is 0. The molecule has 0 unspecified atom stereocenters. The molecule has 2 heterocycles. The average molecular weight is 315 g/mol. The summed E-state index contributed by atoms with van der Waals surface area (Å²) in [6.45, 7) is 1.83. The van der Waals surface area contributed by atoms with Crippen LogP contribution in [0.1, 0.15) is 12.0 Å². The lowest BCUT2D eigenvalue weighted by molar-refractivity contribution is -0.134. The molecule has 0 aliphatic carbocycles. The van der Waals surface area contributed by atoms with E-state index in [2.05, 4.69) is 5.10 Å². The highest BCUT2D eigenvalue weighted by molar-refractivity contribution is 5.72. The van der Waals surface area contributed by atoms with E-state index in [1.807, 2.05) is 0 Å². The van der Waals surface area contributed by atoms with Gasteiger partial charge < -0.3 is 4.74 Å². The Hall–Kier alpha value is -2.96. The molecule has 23 heavy (non-hydrogen) atoms. The minimum Gasteiger partial charge on any atom is -0.423 e. The van der Waals surface area contributed by atoms with Crippen LogP contribution in [0.4, 0.5) is 4.39 Å². The molecule has 0 saturated carbocycles. The van der Waals surface area contributed by atoms with Crippen LogP contribution in [0, 0.1) is 12.7 Å². The standard InChI is InChI=1S/C16H14FN3O3/c1-11-5-6-12(17)13(10-11)23-15(21)7-9-20-16(22)19-8-3-2-4-14(19)18-20/h2-6,8,10H,7,9H2,1H3. The van der Waals surface area contributed by atoms with Gasteiger partial charge in [-0.25, -0.2) is 13.9 Å². The van der Waals surface area contributed by atoms with Crippen LogP contribution in [0.2, 0.25) is 0 Å². The van der Waals surface area contributed by atoms with E-state index < -0.39 is 11.8 Å². The molecule has 0 amide bonds. The molecule has 118 valence electrons. The molecule has 3 rings (SSSR count). The summed E-state index contributed by atoms with van der Waals surface area (Å²) in [5.74, 6) is -1.34. The Morgan fingerprint density at radius 2 is 2.13 bits per heavy atom. The van der Waals surface area contributed by atoms with Crippen LogP contribution in [0.15, 0.2) is 47.4 Å². The van der Waals surface area contributed by atoms with Crippen LogP contribution in [0.25, 0.3) is 5.65 Å². The number of rotatable bonds is 4. The zero-order chi connectivity index (χ0) is 16.4. The Kier molecular flexibility index (Phi) is 3.92. The largest absolute Gasteiger partial charge is 0.423 e. The van der Waals surface area contributed by atoms with Gasteiger partial charge in [-0.2, -0.15) is 0 Å². The maximum Gasteiger partial charge on any atom is 0.350 e. The SMILES string of the molecule is Cc1ccc(F)c(OC(=O)CCn2nc3ccccn3c2=O)c1. The zero-order valence-corrected chi connectivity index (χ0v) is 12.4. The molecule has 0 fully saturated rings. The van der Waals surface area contributed by atoms with Gasteiger partial charge in [0.1, 0.15) is 0 Å². The Bertz CT molecular complexity index is 930. The normalized spacial score (nSPS) is 10.9. The molecule has 0 spiro atoms. The van der Waals surface area contributed by atoms with Crippen molar-refractivity contribution < 1.29 is 13.9 Å². The highest BCUT2D eigenvalue weighted by Crippen LogP contribution is 2.18. The van der Waals surface area contributed by atoms with E-state index in [0.717, 1.165) is 5.56 Å². The van der Waals surface area contributed by atoms with E-state index in [-0.39, 0.29) is 24.4 Å². The minimum atomic E-state index is -0.626. The van der Waals surface area contributed by atoms with Gasteiger partial charge >= 0.3 is 11.7 Å². The van der Waals surface area contributed by atoms with E-state index in [1.54, 1.807) is 37.4 Å². The third-order valence-corrected chi connectivity index (χ3v) is 3.33. The molecule has 0 saturated heterocycles. The monoisotopic (exact) mass is 315 g/mol. The van der Waals surface area contributed by atoms with Gasteiger partial charge in [-0.3, -0.25) is 9.20 Å². The molecule has 3 aromatic rings. The average Bonchev–Trinajstić information content (AvgIpc) is 2.86. The Morgan fingerprint density at radius 3 is 2.91 bits per heavy atom. The van der Waals surface area contributed by atoms with Crippen molar-refractivity contribution in [1.29, 1.82) is 0 Å². The second-order valence-corrected chi connectivity index (χ2v) is 5.09. The van der Waals surface area contributed by atoms with E-state index in [0.29, 0.717) is 5.65 Å². The number of nitrogens with zero attached hydrogens (tertiary/aromatic N) is 3. The van der Waals surface area contributed by atoms with E-state index >= 15 is 0 Å². The van der Waals surface area contributed by atoms with Crippen molar-refractivity contribution in [2.75, 3.05) is 0 Å². The maximum atomic E-state index is 13.5. The van der Waals surface area contributed by atoms with Gasteiger partial charge in [-0.05, 0) is 36.8 Å². The van der Waals surface area contributed by atoms with Gasteiger partial charge in [0, 0.05) is 6.20 Å². The molecule has 0 aliphatic rings. The van der Waals surface area contributed by atoms with Crippen LogP contribution in [-0.2, 0) is 11.3 Å². The van der Waals surface area contributed by atoms with Gasteiger partial charge in [0.05, 0.1) is 13.0 Å². The summed E-state index contributed by atoms with van der Waals surface area (Å²) in [6.07, 6.45) is 1.51. The van der Waals surface area contributed by atoms with Gasteiger partial charge in [0.25, 0.3) is 0 Å². The molecular formula is C16H14FN3O3. The molecule has 7 heteroatoms. The maximum absolute atomic E-state index is 13.5. The number of hydrogen-bond donors (Lipinski definition) is 0. The number of fused-ring (bicyclic) bond motifs is 1. The lowest BCUT2D eigenvalue weighted by Gasteiger charge is -2.06. The molecule has 6 nitrogen and oxygen atoms in total. The van der Waals surface area contributed by atoms with Crippen LogP contribution in [0.5, 0.6) is 5.75 Å². The number of carbonyl (C=O) groups is 1. The van der Waals surface area contributed by atoms with Crippen molar-refractivity contribution >= 4 is 11.6 Å². The predicted molar refractivity (Wildman–Crippen MR) is 80.8 cm³/mol. The summed E-state index contributed by atoms with van der Waals surface area (Å²) in [7, 11) is 0. The van der Waals surface area contributed by atoms with E-state index in [1.165, 1.54) is 21.2 Å². The first-order chi connectivity index (χ1) is 11.0. The fourth-order valence-electron chi connectivity index (χ4n) is 2.17. The fraction of sp³-hybridized carbons (Fsp3) is 0.188. The zero-order valence-electron chi connectivity index (χ0n) is 12.4. The van der Waals surface area contributed by atoms with Crippen molar-refractivity contribution in [3.8, 4) is 5.75 Å². The number of ether oxygens (including phenoxy) is 1. The molecule has 2 aromatic heterocycles. The highest BCUT2D eigenvalue weighted by Gasteiger charge is 2.12. The molecule has 0 atom stereocenters. The first-order valence-electron chi connectivity index (χ1n) is 7.05. The summed E-state index contributed by atoms with van der Waals surface area (Å²) < 4.78 is 21.1. The third kappa shape index (κ3) is 3.13. The number of halogens is 1. The molecular weight excluding hydrogens is 301 g/mol. The number of pyridine rings is 1. The van der Waals surface area contributed by atoms with Gasteiger partial charge in [0.2, 0.25) is 0 Å². The first kappa shape index (κ1) is 15.0. The topological polar surface area (TPSA) is 65.6 Å². The van der Waals surface area contributed by atoms with Crippen molar-refractivity contribution in [3.05, 3.63) is 64.5 Å². The van der Waals surface area contributed by atoms with Crippen molar-refractivity contribution in [3.63, 3.8) is 0 Å². The second kappa shape index (κ2) is 6.04. The quantitative estimate of drug-likeness (QED) is 0.545. The summed E-state index contributed by atoms with van der Waals surface area (Å²) in [6, 6.07) is 9.45. The lowest BCUT2D eigenvalue weighted by atomic mass is 10.2. The minimum absolute atomic E-state index is 0.0623. The smallest absolute Gasteiger partial charge is 0.350 e. The lowest BCUT2D eigenvalue weighted by Crippen LogP contribution is -2.23. The molecule has 0 bridgehead atoms. The summed E-state index contributed by atoms with van der Waals surface area (Å²) in [5.41, 5.74) is 0.941. The van der Waals surface area contributed by atoms with Crippen LogP contribution >= 0.6 is 0 Å². The van der Waals surface area contributed by atoms with Crippen LogP contribution in [0.3, 0.4) is 0 Å². The fourth-order valence-corrected chi connectivity index (χ4v) is 2.17. The molecule has 1 aromatic carbocycles. The highest BCUT2D eigenvalue weighted by atomic mass is 19.1. The second-order valence-electron chi connectivity index (χ2n) is 5.09. The molecule has 0 radical (unpaired) electrons. The van der Waals surface area contributed by atoms with E-state index in [9.17, 15) is 14.0 Å². The number of aryl methyl sites for hydroxylation is 2. The number of hydrogen-bond acceptors (Lipinski definition) is 4.